The van der Waals surface area contributed by atoms with Crippen molar-refractivity contribution in [3.63, 3.8) is 0 Å². The average Bonchev–Trinajstić information content (AvgIpc) is 3.10. The molecule has 0 fully saturated rings. The molecule has 6 heteroatoms. The summed E-state index contributed by atoms with van der Waals surface area (Å²) in [6, 6.07) is 4.65. The van der Waals surface area contributed by atoms with Crippen LogP contribution in [0.15, 0.2) is 27.2 Å². The van der Waals surface area contributed by atoms with Gasteiger partial charge in [0.05, 0.1) is 11.1 Å². The molecule has 0 amide bonds. The van der Waals surface area contributed by atoms with Gasteiger partial charge in [0.25, 0.3) is 0 Å². The Balaban J connectivity index is 2.37. The van der Waals surface area contributed by atoms with E-state index in [1.54, 1.807) is 34.4 Å². The molecule has 0 aliphatic carbocycles. The molecular formula is C19H23N2S4+. The molecule has 0 bridgehead atoms. The van der Waals surface area contributed by atoms with Gasteiger partial charge < -0.3 is 0 Å². The highest BCUT2D eigenvalue weighted by atomic mass is 32.2. The zero-order valence-corrected chi connectivity index (χ0v) is 18.7. The Bertz CT molecular complexity index is 976. The molecule has 3 rings (SSSR count). The minimum absolute atomic E-state index is 0.462. The summed E-state index contributed by atoms with van der Waals surface area (Å²) in [6.45, 7) is 11.0. The average molecular weight is 408 g/mol. The fourth-order valence-corrected chi connectivity index (χ4v) is 5.78. The summed E-state index contributed by atoms with van der Waals surface area (Å²) < 4.78 is 6.81. The molecule has 0 aliphatic rings. The number of nitrogens with zero attached hydrogens (tertiary/aromatic N) is 2. The third-order valence-corrected chi connectivity index (χ3v) is 7.91. The zero-order chi connectivity index (χ0) is 18.3. The molecule has 3 aromatic rings. The molecule has 0 unspecified atom stereocenters. The molecular weight excluding hydrogens is 384 g/mol. The first-order valence-electron chi connectivity index (χ1n) is 8.21. The SMILES string of the molecule is CSc1scc(C)[n+]1-c1cc(C(C)C)cc(-n2c(C)csc2=S)c1C. The molecule has 0 saturated heterocycles. The monoisotopic (exact) mass is 407 g/mol. The first-order chi connectivity index (χ1) is 11.8. The number of aromatic nitrogens is 2. The number of hydrogen-bond acceptors (Lipinski definition) is 4. The molecule has 0 radical (unpaired) electrons. The van der Waals surface area contributed by atoms with Crippen LogP contribution in [0.1, 0.15) is 42.3 Å². The van der Waals surface area contributed by atoms with Crippen molar-refractivity contribution in [2.45, 2.75) is 44.9 Å². The van der Waals surface area contributed by atoms with Gasteiger partial charge in [-0.1, -0.05) is 25.2 Å². The van der Waals surface area contributed by atoms with E-state index in [4.69, 9.17) is 12.2 Å². The third-order valence-electron chi connectivity index (χ3n) is 4.43. The van der Waals surface area contributed by atoms with Gasteiger partial charge in [-0.05, 0) is 61.6 Å². The molecule has 0 spiro atoms. The molecule has 2 aromatic heterocycles. The summed E-state index contributed by atoms with van der Waals surface area (Å²) in [5, 5.41) is 4.37. The smallest absolute Gasteiger partial charge is 0.296 e. The van der Waals surface area contributed by atoms with Crippen molar-refractivity contribution >= 4 is 46.7 Å². The quantitative estimate of drug-likeness (QED) is 0.282. The van der Waals surface area contributed by atoms with Gasteiger partial charge >= 0.3 is 4.34 Å². The fourth-order valence-electron chi connectivity index (χ4n) is 2.99. The van der Waals surface area contributed by atoms with Gasteiger partial charge in [-0.25, -0.2) is 0 Å². The summed E-state index contributed by atoms with van der Waals surface area (Å²) in [4.78, 5) is 0. The second-order valence-corrected chi connectivity index (χ2v) is 9.91. The van der Waals surface area contributed by atoms with Crippen LogP contribution in [0.3, 0.4) is 0 Å². The number of hydrogen-bond donors (Lipinski definition) is 0. The maximum Gasteiger partial charge on any atom is 0.303 e. The molecule has 2 nitrogen and oxygen atoms in total. The minimum Gasteiger partial charge on any atom is -0.296 e. The van der Waals surface area contributed by atoms with E-state index >= 15 is 0 Å². The summed E-state index contributed by atoms with van der Waals surface area (Å²) in [6.07, 6.45) is 2.14. The van der Waals surface area contributed by atoms with Gasteiger partial charge in [0.1, 0.15) is 0 Å². The number of aryl methyl sites for hydroxylation is 2. The van der Waals surface area contributed by atoms with Gasteiger partial charge in [-0.2, -0.15) is 0 Å². The van der Waals surface area contributed by atoms with E-state index < -0.39 is 0 Å². The van der Waals surface area contributed by atoms with Crippen LogP contribution in [-0.2, 0) is 0 Å². The highest BCUT2D eigenvalue weighted by Gasteiger charge is 2.25. The highest BCUT2D eigenvalue weighted by Crippen LogP contribution is 2.30. The summed E-state index contributed by atoms with van der Waals surface area (Å²) >= 11 is 10.8. The van der Waals surface area contributed by atoms with Crippen molar-refractivity contribution in [3.8, 4) is 11.4 Å². The van der Waals surface area contributed by atoms with E-state index in [2.05, 4.69) is 72.9 Å². The Labute approximate surface area is 167 Å². The lowest BCUT2D eigenvalue weighted by atomic mass is 9.98. The van der Waals surface area contributed by atoms with Crippen molar-refractivity contribution in [1.29, 1.82) is 0 Å². The second kappa shape index (κ2) is 7.35. The third kappa shape index (κ3) is 3.37. The van der Waals surface area contributed by atoms with Gasteiger partial charge in [0.2, 0.25) is 5.69 Å². The standard InChI is InChI=1S/C19H23N2S4/c1-11(2)15-7-16(20-12(3)9-24-18(20)22)14(5)17(8-15)21-13(4)10-25-19(21)23-6/h7-11H,1-6H3/q+1. The molecule has 132 valence electrons. The van der Waals surface area contributed by atoms with E-state index in [0.717, 1.165) is 3.95 Å². The van der Waals surface area contributed by atoms with Gasteiger partial charge in [0.15, 0.2) is 9.65 Å². The normalized spacial score (nSPS) is 11.5. The van der Waals surface area contributed by atoms with E-state index in [0.29, 0.717) is 5.92 Å². The van der Waals surface area contributed by atoms with Crippen molar-refractivity contribution in [2.75, 3.05) is 6.26 Å². The topological polar surface area (TPSA) is 8.81 Å². The van der Waals surface area contributed by atoms with E-state index in [-0.39, 0.29) is 0 Å². The lowest BCUT2D eigenvalue weighted by molar-refractivity contribution is -0.635. The predicted molar refractivity (Wildman–Crippen MR) is 114 cm³/mol. The first kappa shape index (κ1) is 18.8. The van der Waals surface area contributed by atoms with Crippen LogP contribution in [0.25, 0.3) is 11.4 Å². The number of benzene rings is 1. The second-order valence-electron chi connectivity index (χ2n) is 6.50. The summed E-state index contributed by atoms with van der Waals surface area (Å²) in [7, 11) is 0. The van der Waals surface area contributed by atoms with Crippen LogP contribution in [0, 0.1) is 24.7 Å². The van der Waals surface area contributed by atoms with Crippen molar-refractivity contribution in [1.82, 2.24) is 4.57 Å². The maximum atomic E-state index is 5.61. The first-order valence-corrected chi connectivity index (χ1v) is 11.6. The number of thioether (sulfide) groups is 1. The van der Waals surface area contributed by atoms with Crippen LogP contribution in [0.5, 0.6) is 0 Å². The molecule has 2 heterocycles. The van der Waals surface area contributed by atoms with Crippen LogP contribution < -0.4 is 4.57 Å². The fraction of sp³-hybridized carbons (Fsp3) is 0.368. The van der Waals surface area contributed by atoms with Crippen molar-refractivity contribution in [3.05, 3.63) is 49.4 Å². The van der Waals surface area contributed by atoms with Crippen LogP contribution in [-0.4, -0.2) is 10.8 Å². The minimum atomic E-state index is 0.462. The Morgan fingerprint density at radius 1 is 1.12 bits per heavy atom. The highest BCUT2D eigenvalue weighted by molar-refractivity contribution is 8.00. The van der Waals surface area contributed by atoms with Crippen molar-refractivity contribution < 1.29 is 4.57 Å². The molecule has 0 N–H and O–H groups in total. The molecule has 1 aromatic carbocycles. The molecule has 25 heavy (non-hydrogen) atoms. The number of thiazole rings is 2. The largest absolute Gasteiger partial charge is 0.303 e. The van der Waals surface area contributed by atoms with Crippen LogP contribution >= 0.6 is 46.7 Å². The lowest BCUT2D eigenvalue weighted by Crippen LogP contribution is -2.35. The predicted octanol–water partition coefficient (Wildman–Crippen LogP) is 6.38. The molecule has 0 atom stereocenters. The summed E-state index contributed by atoms with van der Waals surface area (Å²) in [5.41, 5.74) is 7.54. The van der Waals surface area contributed by atoms with Crippen LogP contribution in [0.4, 0.5) is 0 Å². The van der Waals surface area contributed by atoms with Gasteiger partial charge in [0, 0.05) is 29.6 Å². The van der Waals surface area contributed by atoms with Crippen molar-refractivity contribution in [2.24, 2.45) is 0 Å². The Morgan fingerprint density at radius 3 is 2.40 bits per heavy atom. The van der Waals surface area contributed by atoms with Gasteiger partial charge in [-0.15, -0.1) is 15.9 Å². The van der Waals surface area contributed by atoms with E-state index in [1.807, 2.05) is 0 Å². The van der Waals surface area contributed by atoms with E-state index in [9.17, 15) is 0 Å². The zero-order valence-electron chi connectivity index (χ0n) is 15.4. The van der Waals surface area contributed by atoms with Crippen LogP contribution in [0.2, 0.25) is 0 Å². The molecule has 0 saturated carbocycles. The Hall–Kier alpha value is -0.950. The Kier molecular flexibility index (Phi) is 5.54. The van der Waals surface area contributed by atoms with Gasteiger partial charge in [-0.3, -0.25) is 4.57 Å². The molecule has 0 aliphatic heterocycles. The summed E-state index contributed by atoms with van der Waals surface area (Å²) in [5.74, 6) is 0.462. The lowest BCUT2D eigenvalue weighted by Gasteiger charge is -2.15. The Morgan fingerprint density at radius 2 is 1.84 bits per heavy atom. The van der Waals surface area contributed by atoms with E-state index in [1.165, 1.54) is 38.2 Å². The number of rotatable bonds is 4. The maximum absolute atomic E-state index is 5.61.